The van der Waals surface area contributed by atoms with E-state index in [-0.39, 0.29) is 5.88 Å². The highest BCUT2D eigenvalue weighted by atomic mass is 79.9. The molecule has 0 unspecified atom stereocenters. The number of anilines is 1. The second kappa shape index (κ2) is 6.56. The molecule has 1 aromatic carbocycles. The molecule has 5 nitrogen and oxygen atoms in total. The van der Waals surface area contributed by atoms with Crippen LogP contribution in [-0.4, -0.2) is 16.6 Å². The van der Waals surface area contributed by atoms with Crippen molar-refractivity contribution in [3.8, 4) is 17.5 Å². The van der Waals surface area contributed by atoms with E-state index in [1.165, 1.54) is 6.33 Å². The molecule has 2 N–H and O–H groups in total. The van der Waals surface area contributed by atoms with Crippen molar-refractivity contribution >= 4 is 21.6 Å². The van der Waals surface area contributed by atoms with Gasteiger partial charge in [0.15, 0.2) is 5.69 Å². The van der Waals surface area contributed by atoms with Gasteiger partial charge in [0.25, 0.3) is 0 Å². The Hall–Kier alpha value is -1.82. The van der Waals surface area contributed by atoms with Crippen molar-refractivity contribution < 1.29 is 9.47 Å². The SMILES string of the molecule is CCCOc1ncnc(Oc2ccc(C)cc2Br)c1N. The molecule has 1 heterocycles. The number of nitrogen functional groups attached to an aromatic ring is 1. The van der Waals surface area contributed by atoms with Crippen LogP contribution >= 0.6 is 15.9 Å². The number of aromatic nitrogens is 2. The maximum absolute atomic E-state index is 5.96. The first-order chi connectivity index (χ1) is 9.61. The second-order valence-corrected chi connectivity index (χ2v) is 5.14. The average molecular weight is 338 g/mol. The number of halogens is 1. The molecule has 0 atom stereocenters. The van der Waals surface area contributed by atoms with Gasteiger partial charge in [-0.1, -0.05) is 13.0 Å². The van der Waals surface area contributed by atoms with E-state index >= 15 is 0 Å². The Balaban J connectivity index is 2.24. The van der Waals surface area contributed by atoms with Gasteiger partial charge in [-0.05, 0) is 47.0 Å². The van der Waals surface area contributed by atoms with Crippen LogP contribution in [-0.2, 0) is 0 Å². The fraction of sp³-hybridized carbons (Fsp3) is 0.286. The quantitative estimate of drug-likeness (QED) is 0.900. The van der Waals surface area contributed by atoms with E-state index < -0.39 is 0 Å². The van der Waals surface area contributed by atoms with E-state index in [0.717, 1.165) is 16.5 Å². The number of nitrogens with two attached hydrogens (primary N) is 1. The first-order valence-corrected chi connectivity index (χ1v) is 7.08. The molecule has 0 radical (unpaired) electrons. The zero-order valence-electron chi connectivity index (χ0n) is 11.4. The van der Waals surface area contributed by atoms with E-state index in [1.807, 2.05) is 32.0 Å². The number of hydrogen-bond acceptors (Lipinski definition) is 5. The van der Waals surface area contributed by atoms with Crippen LogP contribution in [0.4, 0.5) is 5.69 Å². The van der Waals surface area contributed by atoms with Gasteiger partial charge in [-0.15, -0.1) is 0 Å². The lowest BCUT2D eigenvalue weighted by molar-refractivity contribution is 0.304. The van der Waals surface area contributed by atoms with Crippen molar-refractivity contribution in [1.29, 1.82) is 0 Å². The molecule has 0 bridgehead atoms. The molecule has 0 fully saturated rings. The van der Waals surface area contributed by atoms with E-state index in [4.69, 9.17) is 15.2 Å². The number of hydrogen-bond donors (Lipinski definition) is 1. The lowest BCUT2D eigenvalue weighted by atomic mass is 10.2. The minimum absolute atomic E-state index is 0.288. The predicted molar refractivity (Wildman–Crippen MR) is 81.2 cm³/mol. The van der Waals surface area contributed by atoms with Gasteiger partial charge < -0.3 is 15.2 Å². The van der Waals surface area contributed by atoms with Gasteiger partial charge in [0.05, 0.1) is 11.1 Å². The smallest absolute Gasteiger partial charge is 0.249 e. The highest BCUT2D eigenvalue weighted by Crippen LogP contribution is 2.34. The van der Waals surface area contributed by atoms with E-state index in [1.54, 1.807) is 0 Å². The number of ether oxygens (including phenoxy) is 2. The molecule has 6 heteroatoms. The van der Waals surface area contributed by atoms with Crippen LogP contribution in [0.25, 0.3) is 0 Å². The zero-order valence-corrected chi connectivity index (χ0v) is 13.0. The van der Waals surface area contributed by atoms with Gasteiger partial charge in [-0.3, -0.25) is 0 Å². The first-order valence-electron chi connectivity index (χ1n) is 6.29. The Bertz CT molecular complexity index is 605. The molecule has 106 valence electrons. The Labute approximate surface area is 126 Å². The van der Waals surface area contributed by atoms with Gasteiger partial charge in [0, 0.05) is 0 Å². The Morgan fingerprint density at radius 1 is 1.25 bits per heavy atom. The largest absolute Gasteiger partial charge is 0.476 e. The highest BCUT2D eigenvalue weighted by Gasteiger charge is 2.12. The van der Waals surface area contributed by atoms with Crippen molar-refractivity contribution in [2.45, 2.75) is 20.3 Å². The monoisotopic (exact) mass is 337 g/mol. The number of aryl methyl sites for hydroxylation is 1. The van der Waals surface area contributed by atoms with E-state index in [2.05, 4.69) is 25.9 Å². The Morgan fingerprint density at radius 3 is 2.70 bits per heavy atom. The number of benzene rings is 1. The maximum Gasteiger partial charge on any atom is 0.249 e. The molecule has 2 rings (SSSR count). The molecule has 0 aliphatic carbocycles. The Kier molecular flexibility index (Phi) is 4.79. The van der Waals surface area contributed by atoms with Crippen molar-refractivity contribution in [3.63, 3.8) is 0 Å². The molecule has 2 aromatic rings. The minimum Gasteiger partial charge on any atom is -0.476 e. The summed E-state index contributed by atoms with van der Waals surface area (Å²) in [5.74, 6) is 1.28. The van der Waals surface area contributed by atoms with Crippen LogP contribution in [0, 0.1) is 6.92 Å². The van der Waals surface area contributed by atoms with Crippen LogP contribution in [0.1, 0.15) is 18.9 Å². The standard InChI is InChI=1S/C14H16BrN3O2/c1-3-6-19-13-12(16)14(18-8-17-13)20-11-5-4-9(2)7-10(11)15/h4-5,7-8H,3,6,16H2,1-2H3. The topological polar surface area (TPSA) is 70.3 Å². The van der Waals surface area contributed by atoms with Crippen LogP contribution in [0.15, 0.2) is 29.0 Å². The molecular weight excluding hydrogens is 322 g/mol. The van der Waals surface area contributed by atoms with Crippen LogP contribution in [0.2, 0.25) is 0 Å². The highest BCUT2D eigenvalue weighted by molar-refractivity contribution is 9.10. The molecule has 1 aromatic heterocycles. The van der Waals surface area contributed by atoms with Gasteiger partial charge in [0.1, 0.15) is 12.1 Å². The summed E-state index contributed by atoms with van der Waals surface area (Å²) in [4.78, 5) is 8.05. The van der Waals surface area contributed by atoms with Crippen LogP contribution < -0.4 is 15.2 Å². The summed E-state index contributed by atoms with van der Waals surface area (Å²) < 4.78 is 12.0. The zero-order chi connectivity index (χ0) is 14.5. The van der Waals surface area contributed by atoms with Crippen LogP contribution in [0.3, 0.4) is 0 Å². The van der Waals surface area contributed by atoms with Crippen molar-refractivity contribution in [1.82, 2.24) is 9.97 Å². The third kappa shape index (κ3) is 3.39. The molecule has 0 aliphatic heterocycles. The van der Waals surface area contributed by atoms with E-state index in [9.17, 15) is 0 Å². The fourth-order valence-electron chi connectivity index (χ4n) is 1.55. The summed E-state index contributed by atoms with van der Waals surface area (Å²) in [6, 6.07) is 5.76. The number of nitrogens with zero attached hydrogens (tertiary/aromatic N) is 2. The predicted octanol–water partition coefficient (Wildman–Crippen LogP) is 3.71. The van der Waals surface area contributed by atoms with Crippen molar-refractivity contribution in [2.75, 3.05) is 12.3 Å². The molecule has 0 amide bonds. The van der Waals surface area contributed by atoms with Crippen LogP contribution in [0.5, 0.6) is 17.5 Å². The first kappa shape index (κ1) is 14.6. The lowest BCUT2D eigenvalue weighted by Crippen LogP contribution is -2.04. The summed E-state index contributed by atoms with van der Waals surface area (Å²) in [5, 5.41) is 0. The van der Waals surface area contributed by atoms with Gasteiger partial charge >= 0.3 is 0 Å². The third-order valence-electron chi connectivity index (χ3n) is 2.55. The van der Waals surface area contributed by atoms with Crippen molar-refractivity contribution in [3.05, 3.63) is 34.6 Å². The molecule has 0 saturated carbocycles. The average Bonchev–Trinajstić information content (AvgIpc) is 2.42. The summed E-state index contributed by atoms with van der Waals surface area (Å²) in [6.07, 6.45) is 2.25. The summed E-state index contributed by atoms with van der Waals surface area (Å²) in [5.41, 5.74) is 7.39. The normalized spacial score (nSPS) is 10.3. The van der Waals surface area contributed by atoms with Gasteiger partial charge in [0.2, 0.25) is 11.8 Å². The molecule has 0 aliphatic rings. The maximum atomic E-state index is 5.96. The number of rotatable bonds is 5. The Morgan fingerprint density at radius 2 is 2.00 bits per heavy atom. The molecule has 20 heavy (non-hydrogen) atoms. The van der Waals surface area contributed by atoms with E-state index in [0.29, 0.717) is 23.9 Å². The lowest BCUT2D eigenvalue weighted by Gasteiger charge is -2.11. The summed E-state index contributed by atoms with van der Waals surface area (Å²) in [6.45, 7) is 4.57. The summed E-state index contributed by atoms with van der Waals surface area (Å²) in [7, 11) is 0. The molecule has 0 saturated heterocycles. The molecular formula is C14H16BrN3O2. The van der Waals surface area contributed by atoms with Crippen molar-refractivity contribution in [2.24, 2.45) is 0 Å². The molecule has 0 spiro atoms. The third-order valence-corrected chi connectivity index (χ3v) is 3.17. The van der Waals surface area contributed by atoms with Gasteiger partial charge in [-0.25, -0.2) is 0 Å². The van der Waals surface area contributed by atoms with Gasteiger partial charge in [-0.2, -0.15) is 9.97 Å². The minimum atomic E-state index is 0.288. The fourth-order valence-corrected chi connectivity index (χ4v) is 2.13. The summed E-state index contributed by atoms with van der Waals surface area (Å²) >= 11 is 3.45. The second-order valence-electron chi connectivity index (χ2n) is 4.28.